The quantitative estimate of drug-likeness (QED) is 0.441. The molecule has 11 heteroatoms. The third-order valence-corrected chi connectivity index (χ3v) is 7.82. The van der Waals surface area contributed by atoms with E-state index in [1.807, 2.05) is 56.0 Å². The highest BCUT2D eigenvalue weighted by molar-refractivity contribution is 7.08. The number of aromatic nitrogens is 2. The van der Waals surface area contributed by atoms with Crippen molar-refractivity contribution >= 4 is 46.9 Å². The van der Waals surface area contributed by atoms with E-state index in [1.165, 1.54) is 0 Å². The standard InChI is InChI=1S/C27H34B3N3O4S/c1-16(2)10-17-11-19-22(12-21(17)35-4)36-13-20-23(31-33(24(19)20)18-6-9-38-14-18)25(34)32-8-5-7-26(32,3)15-37-27(28,29)30/h6,9-12,14H,5,7-8,13,15,28-30H2,1-4H3. The molecule has 2 aliphatic rings. The fourth-order valence-electron chi connectivity index (χ4n) is 5.25. The van der Waals surface area contributed by atoms with Crippen LogP contribution >= 0.6 is 11.3 Å². The number of hydrogen-bond acceptors (Lipinski definition) is 6. The van der Waals surface area contributed by atoms with Gasteiger partial charge in [0.15, 0.2) is 5.69 Å². The van der Waals surface area contributed by atoms with Crippen LogP contribution in [0, 0.1) is 0 Å². The van der Waals surface area contributed by atoms with Crippen LogP contribution in [0.4, 0.5) is 0 Å². The van der Waals surface area contributed by atoms with E-state index in [0.717, 1.165) is 58.0 Å². The van der Waals surface area contributed by atoms with Crippen LogP contribution in [0.25, 0.3) is 23.0 Å². The third-order valence-electron chi connectivity index (χ3n) is 7.15. The number of carbonyl (C=O) groups is 1. The predicted molar refractivity (Wildman–Crippen MR) is 160 cm³/mol. The van der Waals surface area contributed by atoms with Gasteiger partial charge >= 0.3 is 0 Å². The molecule has 0 N–H and O–H groups in total. The lowest BCUT2D eigenvalue weighted by molar-refractivity contribution is 0.0180. The number of amides is 1. The second-order valence-electron chi connectivity index (χ2n) is 11.6. The van der Waals surface area contributed by atoms with Crippen molar-refractivity contribution in [3.05, 3.63) is 51.4 Å². The molecule has 1 saturated heterocycles. The molecule has 1 fully saturated rings. The minimum Gasteiger partial charge on any atom is -0.496 e. The Morgan fingerprint density at radius 3 is 2.76 bits per heavy atom. The van der Waals surface area contributed by atoms with Gasteiger partial charge in [-0.25, -0.2) is 4.68 Å². The van der Waals surface area contributed by atoms with Crippen molar-refractivity contribution in [3.63, 3.8) is 0 Å². The van der Waals surface area contributed by atoms with Gasteiger partial charge in [-0.15, -0.1) is 0 Å². The fourth-order valence-corrected chi connectivity index (χ4v) is 5.87. The summed E-state index contributed by atoms with van der Waals surface area (Å²) in [4.78, 5) is 16.1. The third kappa shape index (κ3) is 4.94. The largest absolute Gasteiger partial charge is 0.496 e. The maximum Gasteiger partial charge on any atom is 0.275 e. The van der Waals surface area contributed by atoms with Gasteiger partial charge in [-0.1, -0.05) is 11.6 Å². The maximum absolute atomic E-state index is 14.2. The zero-order valence-electron chi connectivity index (χ0n) is 23.4. The number of benzene rings is 1. The number of allylic oxidation sites excluding steroid dienone is 1. The Kier molecular flexibility index (Phi) is 7.03. The van der Waals surface area contributed by atoms with E-state index in [9.17, 15) is 4.79 Å². The molecular weight excluding hydrogens is 495 g/mol. The van der Waals surface area contributed by atoms with Gasteiger partial charge in [0.2, 0.25) is 0 Å². The summed E-state index contributed by atoms with van der Waals surface area (Å²) in [6.45, 7) is 7.67. The summed E-state index contributed by atoms with van der Waals surface area (Å²) in [6, 6.07) is 6.04. The fraction of sp³-hybridized carbons (Fsp3) is 0.407. The number of rotatable bonds is 7. The van der Waals surface area contributed by atoms with Crippen LogP contribution in [0.2, 0.25) is 0 Å². The highest BCUT2D eigenvalue weighted by atomic mass is 32.1. The molecule has 5 rings (SSSR count). The SMILES string of the molecule is BC(B)(B)OCC1(C)CCCN1C(=O)c1nn(-c2ccsc2)c2c1COc1cc(OC)c(C=C(C)C)cc1-2. The van der Waals surface area contributed by atoms with Crippen LogP contribution < -0.4 is 9.47 Å². The Bertz CT molecular complexity index is 1390. The molecule has 1 amide bonds. The molecule has 0 saturated carbocycles. The van der Waals surface area contributed by atoms with Crippen LogP contribution in [0.15, 0.2) is 34.5 Å². The van der Waals surface area contributed by atoms with Gasteiger partial charge in [0, 0.05) is 34.7 Å². The van der Waals surface area contributed by atoms with Crippen molar-refractivity contribution in [2.75, 3.05) is 20.3 Å². The minimum atomic E-state index is -0.388. The molecule has 7 nitrogen and oxygen atoms in total. The van der Waals surface area contributed by atoms with Gasteiger partial charge in [-0.05, 0) is 56.4 Å². The van der Waals surface area contributed by atoms with E-state index in [-0.39, 0.29) is 23.4 Å². The van der Waals surface area contributed by atoms with Gasteiger partial charge in [-0.3, -0.25) is 4.79 Å². The van der Waals surface area contributed by atoms with Gasteiger partial charge < -0.3 is 19.1 Å². The first-order chi connectivity index (χ1) is 18.0. The van der Waals surface area contributed by atoms with Gasteiger partial charge in [0.25, 0.3) is 5.91 Å². The normalized spacial score (nSPS) is 18.5. The van der Waals surface area contributed by atoms with E-state index < -0.39 is 0 Å². The molecule has 196 valence electrons. The smallest absolute Gasteiger partial charge is 0.275 e. The number of nitrogens with zero attached hydrogens (tertiary/aromatic N) is 3. The van der Waals surface area contributed by atoms with E-state index in [2.05, 4.69) is 32.9 Å². The number of thiophene rings is 1. The van der Waals surface area contributed by atoms with Crippen molar-refractivity contribution in [1.82, 2.24) is 14.7 Å². The van der Waals surface area contributed by atoms with Crippen molar-refractivity contribution in [3.8, 4) is 28.4 Å². The lowest BCUT2D eigenvalue weighted by atomic mass is 9.52. The Balaban J connectivity index is 1.63. The molecule has 0 aliphatic carbocycles. The zero-order valence-corrected chi connectivity index (χ0v) is 24.2. The molecule has 0 bridgehead atoms. The molecule has 1 unspecified atom stereocenters. The lowest BCUT2D eigenvalue weighted by Gasteiger charge is -2.37. The van der Waals surface area contributed by atoms with Crippen molar-refractivity contribution < 1.29 is 19.0 Å². The van der Waals surface area contributed by atoms with Crippen LogP contribution in [-0.2, 0) is 11.3 Å². The highest BCUT2D eigenvalue weighted by Crippen LogP contribution is 2.45. The average molecular weight is 529 g/mol. The summed E-state index contributed by atoms with van der Waals surface area (Å²) in [5.74, 6) is 1.40. The Hall–Kier alpha value is -2.91. The molecule has 4 heterocycles. The Morgan fingerprint density at radius 1 is 1.32 bits per heavy atom. The minimum absolute atomic E-state index is 0.0715. The summed E-state index contributed by atoms with van der Waals surface area (Å²) in [5.41, 5.74) is 5.71. The van der Waals surface area contributed by atoms with Crippen molar-refractivity contribution in [2.24, 2.45) is 0 Å². The first-order valence-corrected chi connectivity index (χ1v) is 14.1. The van der Waals surface area contributed by atoms with E-state index in [1.54, 1.807) is 18.4 Å². The molecule has 1 atom stereocenters. The number of hydrogen-bond donors (Lipinski definition) is 0. The maximum atomic E-state index is 14.2. The first-order valence-electron chi connectivity index (χ1n) is 13.1. The van der Waals surface area contributed by atoms with Crippen LogP contribution in [0.1, 0.15) is 55.2 Å². The van der Waals surface area contributed by atoms with Gasteiger partial charge in [0.05, 0.1) is 30.6 Å². The lowest BCUT2D eigenvalue weighted by Crippen LogP contribution is -2.51. The molecular formula is C27H34B3N3O4S. The van der Waals surface area contributed by atoms with Crippen LogP contribution in [-0.4, -0.2) is 75.2 Å². The number of carbonyl (C=O) groups excluding carboxylic acids is 1. The van der Waals surface area contributed by atoms with E-state index in [4.69, 9.17) is 19.3 Å². The highest BCUT2D eigenvalue weighted by Gasteiger charge is 2.43. The zero-order chi connectivity index (χ0) is 27.2. The predicted octanol–water partition coefficient (Wildman–Crippen LogP) is 2.45. The summed E-state index contributed by atoms with van der Waals surface area (Å²) in [6.07, 6.45) is 3.93. The Morgan fingerprint density at radius 2 is 2.11 bits per heavy atom. The monoisotopic (exact) mass is 529 g/mol. The molecule has 0 spiro atoms. The molecule has 38 heavy (non-hydrogen) atoms. The van der Waals surface area contributed by atoms with Gasteiger partial charge in [0.1, 0.15) is 41.6 Å². The number of ether oxygens (including phenoxy) is 3. The second-order valence-corrected chi connectivity index (χ2v) is 12.4. The summed E-state index contributed by atoms with van der Waals surface area (Å²) >= 11 is 1.60. The van der Waals surface area contributed by atoms with Crippen LogP contribution in [0.3, 0.4) is 0 Å². The first kappa shape index (κ1) is 26.7. The molecule has 1 aromatic carbocycles. The molecule has 3 aromatic rings. The summed E-state index contributed by atoms with van der Waals surface area (Å²) in [7, 11) is 7.80. The molecule has 2 aromatic heterocycles. The summed E-state index contributed by atoms with van der Waals surface area (Å²) < 4.78 is 20.0. The Labute approximate surface area is 231 Å². The second kappa shape index (κ2) is 10.0. The van der Waals surface area contributed by atoms with Crippen molar-refractivity contribution in [2.45, 2.75) is 51.1 Å². The number of likely N-dealkylation sites (tertiary alicyclic amines) is 1. The average Bonchev–Trinajstić information content (AvgIpc) is 3.60. The number of methoxy groups -OCH3 is 1. The summed E-state index contributed by atoms with van der Waals surface area (Å²) in [5, 5.41) is 8.75. The van der Waals surface area contributed by atoms with Gasteiger partial charge in [-0.2, -0.15) is 16.4 Å². The van der Waals surface area contributed by atoms with E-state index >= 15 is 0 Å². The van der Waals surface area contributed by atoms with Crippen molar-refractivity contribution in [1.29, 1.82) is 0 Å². The molecule has 2 aliphatic heterocycles. The van der Waals surface area contributed by atoms with E-state index in [0.29, 0.717) is 18.8 Å². The number of fused-ring (bicyclic) bond motifs is 3. The molecule has 0 radical (unpaired) electrons. The topological polar surface area (TPSA) is 65.8 Å². The van der Waals surface area contributed by atoms with Crippen LogP contribution in [0.5, 0.6) is 11.5 Å².